The summed E-state index contributed by atoms with van der Waals surface area (Å²) in [6, 6.07) is 4.75. The SMILES string of the molecule is N#Cc1cnn(C2CN(Cc3cc4n(n3)CCC4)C2)c1. The van der Waals surface area contributed by atoms with Crippen LogP contribution in [0.2, 0.25) is 0 Å². The summed E-state index contributed by atoms with van der Waals surface area (Å²) in [4.78, 5) is 2.37. The molecule has 1 fully saturated rings. The highest BCUT2D eigenvalue weighted by Gasteiger charge is 2.29. The molecule has 1 saturated heterocycles. The maximum Gasteiger partial charge on any atom is 0.102 e. The Hall–Kier alpha value is -2.13. The molecule has 0 bridgehead atoms. The van der Waals surface area contributed by atoms with Crippen molar-refractivity contribution >= 4 is 0 Å². The highest BCUT2D eigenvalue weighted by Crippen LogP contribution is 2.24. The van der Waals surface area contributed by atoms with Gasteiger partial charge < -0.3 is 0 Å². The Labute approximate surface area is 117 Å². The van der Waals surface area contributed by atoms with Crippen LogP contribution in [0.15, 0.2) is 18.5 Å². The fourth-order valence-corrected chi connectivity index (χ4v) is 3.06. The third kappa shape index (κ3) is 1.91. The number of hydrogen-bond donors (Lipinski definition) is 0. The van der Waals surface area contributed by atoms with E-state index >= 15 is 0 Å². The topological polar surface area (TPSA) is 62.7 Å². The number of fused-ring (bicyclic) bond motifs is 1. The first kappa shape index (κ1) is 11.7. The second-order valence-electron chi connectivity index (χ2n) is 5.62. The van der Waals surface area contributed by atoms with Crippen LogP contribution in [0.4, 0.5) is 0 Å². The second-order valence-corrected chi connectivity index (χ2v) is 5.62. The summed E-state index contributed by atoms with van der Waals surface area (Å²) < 4.78 is 4.04. The Balaban J connectivity index is 1.35. The molecule has 2 aliphatic heterocycles. The zero-order valence-electron chi connectivity index (χ0n) is 11.2. The van der Waals surface area contributed by atoms with Gasteiger partial charge in [-0.3, -0.25) is 14.3 Å². The van der Waals surface area contributed by atoms with Crippen LogP contribution in [0.1, 0.15) is 29.4 Å². The van der Waals surface area contributed by atoms with E-state index in [0.29, 0.717) is 11.6 Å². The van der Waals surface area contributed by atoms with E-state index in [1.54, 1.807) is 6.20 Å². The fourth-order valence-electron chi connectivity index (χ4n) is 3.06. The molecule has 6 heteroatoms. The average Bonchev–Trinajstić information content (AvgIpc) is 3.08. The summed E-state index contributed by atoms with van der Waals surface area (Å²) in [6.07, 6.45) is 5.85. The monoisotopic (exact) mass is 268 g/mol. The molecule has 0 spiro atoms. The smallest absolute Gasteiger partial charge is 0.102 e. The van der Waals surface area contributed by atoms with Gasteiger partial charge in [-0.2, -0.15) is 15.5 Å². The molecule has 2 aromatic heterocycles. The van der Waals surface area contributed by atoms with Gasteiger partial charge in [-0.1, -0.05) is 0 Å². The van der Waals surface area contributed by atoms with Gasteiger partial charge in [0.2, 0.25) is 0 Å². The molecule has 4 rings (SSSR count). The first-order valence-corrected chi connectivity index (χ1v) is 7.04. The minimum atomic E-state index is 0.395. The van der Waals surface area contributed by atoms with Crippen molar-refractivity contribution in [3.8, 4) is 6.07 Å². The summed E-state index contributed by atoms with van der Waals surface area (Å²) in [5.74, 6) is 0. The molecule has 0 aliphatic carbocycles. The number of aryl methyl sites for hydroxylation is 2. The molecule has 0 unspecified atom stereocenters. The van der Waals surface area contributed by atoms with E-state index in [4.69, 9.17) is 5.26 Å². The van der Waals surface area contributed by atoms with Crippen LogP contribution in [0, 0.1) is 11.3 Å². The molecular formula is C14H16N6. The molecule has 20 heavy (non-hydrogen) atoms. The van der Waals surface area contributed by atoms with Crippen LogP contribution in [-0.2, 0) is 19.5 Å². The van der Waals surface area contributed by atoms with Crippen LogP contribution in [-0.4, -0.2) is 37.6 Å². The number of rotatable bonds is 3. The van der Waals surface area contributed by atoms with E-state index in [-0.39, 0.29) is 0 Å². The fraction of sp³-hybridized carbons (Fsp3) is 0.500. The van der Waals surface area contributed by atoms with Crippen LogP contribution in [0.5, 0.6) is 0 Å². The lowest BCUT2D eigenvalue weighted by Crippen LogP contribution is -2.47. The molecule has 0 atom stereocenters. The molecule has 102 valence electrons. The minimum absolute atomic E-state index is 0.395. The Morgan fingerprint density at radius 1 is 1.40 bits per heavy atom. The van der Waals surface area contributed by atoms with Crippen molar-refractivity contribution in [3.05, 3.63) is 35.4 Å². The van der Waals surface area contributed by atoms with E-state index in [2.05, 4.69) is 31.9 Å². The molecular weight excluding hydrogens is 252 g/mol. The predicted molar refractivity (Wildman–Crippen MR) is 71.8 cm³/mol. The molecule has 2 aromatic rings. The van der Waals surface area contributed by atoms with Gasteiger partial charge in [0.1, 0.15) is 6.07 Å². The summed E-state index contributed by atoms with van der Waals surface area (Å²) in [6.45, 7) is 3.95. The lowest BCUT2D eigenvalue weighted by molar-refractivity contribution is 0.0893. The van der Waals surface area contributed by atoms with E-state index in [1.165, 1.54) is 24.2 Å². The lowest BCUT2D eigenvalue weighted by Gasteiger charge is -2.38. The molecule has 0 aromatic carbocycles. The maximum absolute atomic E-state index is 8.80. The van der Waals surface area contributed by atoms with Gasteiger partial charge in [0.15, 0.2) is 0 Å². The van der Waals surface area contributed by atoms with Crippen LogP contribution < -0.4 is 0 Å². The largest absolute Gasteiger partial charge is 0.293 e. The van der Waals surface area contributed by atoms with Crippen molar-refractivity contribution in [1.82, 2.24) is 24.5 Å². The standard InChI is InChI=1S/C14H16N6/c15-5-11-6-16-20(7-11)14-9-18(10-14)8-12-4-13-2-1-3-19(13)17-12/h4,6-7,14H,1-3,8-10H2. The van der Waals surface area contributed by atoms with Crippen LogP contribution in [0.3, 0.4) is 0 Å². The summed E-state index contributed by atoms with van der Waals surface area (Å²) in [5.41, 5.74) is 3.19. The highest BCUT2D eigenvalue weighted by atomic mass is 15.4. The van der Waals surface area contributed by atoms with Gasteiger partial charge in [0.25, 0.3) is 0 Å². The predicted octanol–water partition coefficient (Wildman–Crippen LogP) is 0.954. The molecule has 0 N–H and O–H groups in total. The average molecular weight is 268 g/mol. The second kappa shape index (κ2) is 4.46. The molecule has 0 radical (unpaired) electrons. The Morgan fingerprint density at radius 3 is 3.05 bits per heavy atom. The zero-order valence-corrected chi connectivity index (χ0v) is 11.2. The highest BCUT2D eigenvalue weighted by molar-refractivity contribution is 5.22. The zero-order chi connectivity index (χ0) is 13.5. The summed E-state index contributed by atoms with van der Waals surface area (Å²) >= 11 is 0. The number of nitriles is 1. The van der Waals surface area contributed by atoms with Crippen molar-refractivity contribution in [3.63, 3.8) is 0 Å². The summed E-state index contributed by atoms with van der Waals surface area (Å²) in [5, 5.41) is 17.7. The van der Waals surface area contributed by atoms with Crippen molar-refractivity contribution in [2.45, 2.75) is 32.0 Å². The summed E-state index contributed by atoms with van der Waals surface area (Å²) in [7, 11) is 0. The lowest BCUT2D eigenvalue weighted by atomic mass is 10.1. The number of nitrogens with zero attached hydrogens (tertiary/aromatic N) is 6. The van der Waals surface area contributed by atoms with Crippen molar-refractivity contribution < 1.29 is 0 Å². The Bertz CT molecular complexity index is 649. The van der Waals surface area contributed by atoms with Gasteiger partial charge >= 0.3 is 0 Å². The van der Waals surface area contributed by atoms with Gasteiger partial charge in [-0.25, -0.2) is 0 Å². The first-order chi connectivity index (χ1) is 9.81. The third-order valence-electron chi connectivity index (χ3n) is 4.14. The molecule has 6 nitrogen and oxygen atoms in total. The molecule has 2 aliphatic rings. The quantitative estimate of drug-likeness (QED) is 0.831. The molecule has 0 amide bonds. The Kier molecular flexibility index (Phi) is 2.60. The number of likely N-dealkylation sites (tertiary alicyclic amines) is 1. The van der Waals surface area contributed by atoms with Crippen LogP contribution >= 0.6 is 0 Å². The van der Waals surface area contributed by atoms with Crippen molar-refractivity contribution in [1.29, 1.82) is 5.26 Å². The first-order valence-electron chi connectivity index (χ1n) is 7.04. The maximum atomic E-state index is 8.80. The van der Waals surface area contributed by atoms with Crippen LogP contribution in [0.25, 0.3) is 0 Å². The number of aromatic nitrogens is 4. The minimum Gasteiger partial charge on any atom is -0.293 e. The van der Waals surface area contributed by atoms with E-state index in [9.17, 15) is 0 Å². The van der Waals surface area contributed by atoms with Gasteiger partial charge in [0, 0.05) is 38.1 Å². The normalized spacial score (nSPS) is 18.8. The van der Waals surface area contributed by atoms with E-state index < -0.39 is 0 Å². The van der Waals surface area contributed by atoms with E-state index in [0.717, 1.165) is 26.2 Å². The van der Waals surface area contributed by atoms with Crippen molar-refractivity contribution in [2.24, 2.45) is 0 Å². The third-order valence-corrected chi connectivity index (χ3v) is 4.14. The molecule has 0 saturated carbocycles. The van der Waals surface area contributed by atoms with Gasteiger partial charge in [0.05, 0.1) is 23.5 Å². The van der Waals surface area contributed by atoms with Gasteiger partial charge in [-0.05, 0) is 18.9 Å². The van der Waals surface area contributed by atoms with Gasteiger partial charge in [-0.15, -0.1) is 0 Å². The van der Waals surface area contributed by atoms with E-state index in [1.807, 2.05) is 10.9 Å². The number of hydrogen-bond acceptors (Lipinski definition) is 4. The van der Waals surface area contributed by atoms with Crippen molar-refractivity contribution in [2.75, 3.05) is 13.1 Å². The Morgan fingerprint density at radius 2 is 2.30 bits per heavy atom. The molecule has 4 heterocycles.